The summed E-state index contributed by atoms with van der Waals surface area (Å²) < 4.78 is 1.08. The van der Waals surface area contributed by atoms with E-state index < -0.39 is 17.1 Å². The van der Waals surface area contributed by atoms with Crippen LogP contribution in [-0.4, -0.2) is 45.8 Å². The maximum Gasteiger partial charge on any atom is 0.335 e. The Hall–Kier alpha value is -3.94. The number of aryl methyl sites for hydroxylation is 3. The van der Waals surface area contributed by atoms with Crippen LogP contribution in [0.2, 0.25) is 0 Å². The zero-order valence-corrected chi connectivity index (χ0v) is 18.1. The van der Waals surface area contributed by atoms with Gasteiger partial charge in [-0.2, -0.15) is 0 Å². The standard InChI is InChI=1S/C23H24N4O4/c1-13-10-14(2)19(15(3)11-13)27-22(30)18(20(28)25-23(27)31)12-24-17-8-6-16(7-9-17)21(29)26(4)5/h6-12,30H,1-5H3,(H,25,28,31). The first-order valence-electron chi connectivity index (χ1n) is 9.62. The molecule has 1 aromatic heterocycles. The summed E-state index contributed by atoms with van der Waals surface area (Å²) in [6.07, 6.45) is 1.20. The molecule has 0 spiro atoms. The van der Waals surface area contributed by atoms with Crippen molar-refractivity contribution in [1.82, 2.24) is 14.5 Å². The third-order valence-electron chi connectivity index (χ3n) is 4.84. The second-order valence-corrected chi connectivity index (χ2v) is 7.58. The molecule has 1 amide bonds. The predicted octanol–water partition coefficient (Wildman–Crippen LogP) is 2.61. The number of benzene rings is 2. The van der Waals surface area contributed by atoms with Crippen LogP contribution in [0.15, 0.2) is 51.0 Å². The smallest absolute Gasteiger partial charge is 0.335 e. The summed E-state index contributed by atoms with van der Waals surface area (Å²) in [6.45, 7) is 5.60. The zero-order valence-electron chi connectivity index (χ0n) is 18.1. The van der Waals surface area contributed by atoms with E-state index in [9.17, 15) is 19.5 Å². The number of hydrogen-bond donors (Lipinski definition) is 2. The van der Waals surface area contributed by atoms with Gasteiger partial charge in [0.1, 0.15) is 5.56 Å². The van der Waals surface area contributed by atoms with Gasteiger partial charge in [0, 0.05) is 25.9 Å². The van der Waals surface area contributed by atoms with Gasteiger partial charge in [-0.25, -0.2) is 9.36 Å². The number of aromatic nitrogens is 2. The number of nitrogens with zero attached hydrogens (tertiary/aromatic N) is 3. The van der Waals surface area contributed by atoms with Gasteiger partial charge in [0.25, 0.3) is 11.5 Å². The lowest BCUT2D eigenvalue weighted by atomic mass is 10.0. The summed E-state index contributed by atoms with van der Waals surface area (Å²) in [6, 6.07) is 10.3. The van der Waals surface area contributed by atoms with Crippen molar-refractivity contribution in [2.45, 2.75) is 20.8 Å². The van der Waals surface area contributed by atoms with Gasteiger partial charge in [-0.1, -0.05) is 17.7 Å². The van der Waals surface area contributed by atoms with E-state index >= 15 is 0 Å². The maximum absolute atomic E-state index is 12.5. The van der Waals surface area contributed by atoms with E-state index in [2.05, 4.69) is 9.98 Å². The summed E-state index contributed by atoms with van der Waals surface area (Å²) in [5.41, 5.74) is 2.45. The largest absolute Gasteiger partial charge is 0.493 e. The number of carbonyl (C=O) groups excluding carboxylic acids is 1. The summed E-state index contributed by atoms with van der Waals surface area (Å²) in [5, 5.41) is 10.8. The fourth-order valence-corrected chi connectivity index (χ4v) is 3.47. The van der Waals surface area contributed by atoms with Crippen LogP contribution in [0.1, 0.15) is 32.6 Å². The Bertz CT molecular complexity index is 1280. The average Bonchev–Trinajstić information content (AvgIpc) is 2.69. The first kappa shape index (κ1) is 21.8. The van der Waals surface area contributed by atoms with Crippen molar-refractivity contribution in [3.8, 4) is 11.6 Å². The number of aliphatic imine (C=N–C) groups is 1. The van der Waals surface area contributed by atoms with Crippen LogP contribution in [0.5, 0.6) is 5.88 Å². The van der Waals surface area contributed by atoms with E-state index in [1.165, 1.54) is 11.1 Å². The minimum absolute atomic E-state index is 0.138. The predicted molar refractivity (Wildman–Crippen MR) is 120 cm³/mol. The van der Waals surface area contributed by atoms with Crippen LogP contribution in [0, 0.1) is 20.8 Å². The molecule has 160 valence electrons. The van der Waals surface area contributed by atoms with Crippen LogP contribution in [0.4, 0.5) is 5.69 Å². The lowest BCUT2D eigenvalue weighted by Gasteiger charge is -2.15. The SMILES string of the molecule is Cc1cc(C)c(-n2c(O)c(C=Nc3ccc(C(=O)N(C)C)cc3)c(=O)[nH]c2=O)c(C)c1. The van der Waals surface area contributed by atoms with Gasteiger partial charge in [0.2, 0.25) is 5.88 Å². The molecule has 0 aliphatic rings. The monoisotopic (exact) mass is 420 g/mol. The van der Waals surface area contributed by atoms with Crippen molar-refractivity contribution in [2.24, 2.45) is 4.99 Å². The van der Waals surface area contributed by atoms with Crippen molar-refractivity contribution in [2.75, 3.05) is 14.1 Å². The Kier molecular flexibility index (Phi) is 5.92. The van der Waals surface area contributed by atoms with E-state index in [0.29, 0.717) is 16.9 Å². The molecule has 0 bridgehead atoms. The van der Waals surface area contributed by atoms with E-state index in [4.69, 9.17) is 0 Å². The molecule has 0 saturated carbocycles. The molecule has 3 rings (SSSR count). The summed E-state index contributed by atoms with van der Waals surface area (Å²) in [5.74, 6) is -0.632. The fourth-order valence-electron chi connectivity index (χ4n) is 3.47. The number of rotatable bonds is 4. The molecule has 0 radical (unpaired) electrons. The Balaban J connectivity index is 2.06. The minimum atomic E-state index is -0.746. The average molecular weight is 420 g/mol. The quantitative estimate of drug-likeness (QED) is 0.633. The molecule has 0 aliphatic carbocycles. The van der Waals surface area contributed by atoms with Crippen molar-refractivity contribution in [1.29, 1.82) is 0 Å². The topological polar surface area (TPSA) is 108 Å². The molecule has 0 fully saturated rings. The van der Waals surface area contributed by atoms with Crippen molar-refractivity contribution >= 4 is 17.8 Å². The number of H-pyrrole nitrogens is 1. The van der Waals surface area contributed by atoms with Crippen LogP contribution in [-0.2, 0) is 0 Å². The minimum Gasteiger partial charge on any atom is -0.493 e. The first-order valence-corrected chi connectivity index (χ1v) is 9.62. The Morgan fingerprint density at radius 3 is 2.19 bits per heavy atom. The number of nitrogens with one attached hydrogen (secondary N) is 1. The Morgan fingerprint density at radius 2 is 1.65 bits per heavy atom. The highest BCUT2D eigenvalue weighted by Crippen LogP contribution is 2.24. The van der Waals surface area contributed by atoms with Crippen molar-refractivity contribution in [3.05, 3.63) is 85.1 Å². The van der Waals surface area contributed by atoms with Crippen LogP contribution < -0.4 is 11.2 Å². The second kappa shape index (κ2) is 8.43. The van der Waals surface area contributed by atoms with Crippen LogP contribution in [0.25, 0.3) is 5.69 Å². The molecule has 2 N–H and O–H groups in total. The van der Waals surface area contributed by atoms with E-state index in [1.807, 2.05) is 32.9 Å². The number of aromatic hydroxyl groups is 1. The highest BCUT2D eigenvalue weighted by atomic mass is 16.3. The number of aromatic amines is 1. The molecule has 1 heterocycles. The normalized spacial score (nSPS) is 11.1. The molecular formula is C23H24N4O4. The Labute approximate surface area is 179 Å². The number of hydrogen-bond acceptors (Lipinski definition) is 5. The lowest BCUT2D eigenvalue weighted by molar-refractivity contribution is 0.0827. The molecule has 8 nitrogen and oxygen atoms in total. The Morgan fingerprint density at radius 1 is 1.06 bits per heavy atom. The van der Waals surface area contributed by atoms with Gasteiger partial charge in [0.05, 0.1) is 11.4 Å². The lowest BCUT2D eigenvalue weighted by Crippen LogP contribution is -2.32. The zero-order chi connectivity index (χ0) is 22.9. The van der Waals surface area contributed by atoms with Crippen molar-refractivity contribution < 1.29 is 9.90 Å². The van der Waals surface area contributed by atoms with Crippen LogP contribution >= 0.6 is 0 Å². The molecule has 2 aromatic carbocycles. The molecule has 0 saturated heterocycles. The molecule has 8 heteroatoms. The fraction of sp³-hybridized carbons (Fsp3) is 0.217. The third kappa shape index (κ3) is 4.32. The van der Waals surface area contributed by atoms with E-state index in [0.717, 1.165) is 21.3 Å². The van der Waals surface area contributed by atoms with Gasteiger partial charge < -0.3 is 10.0 Å². The summed E-state index contributed by atoms with van der Waals surface area (Å²) in [4.78, 5) is 44.7. The summed E-state index contributed by atoms with van der Waals surface area (Å²) >= 11 is 0. The van der Waals surface area contributed by atoms with Gasteiger partial charge in [-0.15, -0.1) is 0 Å². The first-order chi connectivity index (χ1) is 14.6. The van der Waals surface area contributed by atoms with Gasteiger partial charge in [-0.05, 0) is 56.2 Å². The van der Waals surface area contributed by atoms with E-state index in [-0.39, 0.29) is 11.5 Å². The number of amides is 1. The molecule has 3 aromatic rings. The molecule has 31 heavy (non-hydrogen) atoms. The highest BCUT2D eigenvalue weighted by molar-refractivity contribution is 5.94. The molecule has 0 aliphatic heterocycles. The highest BCUT2D eigenvalue weighted by Gasteiger charge is 2.17. The molecule has 0 unspecified atom stereocenters. The van der Waals surface area contributed by atoms with Gasteiger partial charge in [-0.3, -0.25) is 19.6 Å². The number of carbonyl (C=O) groups is 1. The molecular weight excluding hydrogens is 396 g/mol. The second-order valence-electron chi connectivity index (χ2n) is 7.58. The van der Waals surface area contributed by atoms with Gasteiger partial charge in [0.15, 0.2) is 0 Å². The third-order valence-corrected chi connectivity index (χ3v) is 4.84. The van der Waals surface area contributed by atoms with Gasteiger partial charge >= 0.3 is 5.69 Å². The van der Waals surface area contributed by atoms with Crippen molar-refractivity contribution in [3.63, 3.8) is 0 Å². The molecule has 0 atom stereocenters. The summed E-state index contributed by atoms with van der Waals surface area (Å²) in [7, 11) is 3.33. The van der Waals surface area contributed by atoms with Crippen LogP contribution in [0.3, 0.4) is 0 Å². The van der Waals surface area contributed by atoms with E-state index in [1.54, 1.807) is 38.4 Å². The maximum atomic E-state index is 12.5.